The fraction of sp³-hybridized carbons (Fsp3) is 0.576. The summed E-state index contributed by atoms with van der Waals surface area (Å²) in [7, 11) is 6.60. The van der Waals surface area contributed by atoms with Gasteiger partial charge in [0.05, 0.1) is 0 Å². The van der Waals surface area contributed by atoms with Crippen LogP contribution in [0.15, 0.2) is 46.1 Å². The molecule has 0 bridgehead atoms. The van der Waals surface area contributed by atoms with E-state index in [2.05, 4.69) is 48.0 Å². The van der Waals surface area contributed by atoms with Crippen LogP contribution >= 0.6 is 11.3 Å². The zero-order chi connectivity index (χ0) is 27.9. The van der Waals surface area contributed by atoms with Crippen LogP contribution in [-0.4, -0.2) is 44.9 Å². The maximum absolute atomic E-state index is 13.4. The number of unbranched alkanes of at least 4 members (excludes halogenated alkanes) is 1. The molecule has 2 amide bonds. The molecule has 4 aliphatic rings. The molecule has 1 aromatic rings. The molecule has 1 radical (unpaired) electrons. The van der Waals surface area contributed by atoms with E-state index in [1.165, 1.54) is 70.4 Å². The molecule has 213 valence electrons. The second-order valence-corrected chi connectivity index (χ2v) is 12.7. The Hall–Kier alpha value is -2.38. The van der Waals surface area contributed by atoms with Gasteiger partial charge in [-0.2, -0.15) is 0 Å². The standard InChI is InChI=1S/C33H45BN3O2S/c1-3-4-11-24-20-35-19-18-26(24)28(22(2)23-12-5-6-13-23)21-36-33(38)37-32-30(27-16-9-10-17-29(27)40-32)31(34)39-25-14-7-8-15-25/h5,12-13,25,35H,3-4,6-11,14-21H2,1-2H3,(H2,36,37,38)/b28-22+. The van der Waals surface area contributed by atoms with Crippen molar-refractivity contribution in [3.63, 3.8) is 0 Å². The second-order valence-electron chi connectivity index (χ2n) is 11.6. The quantitative estimate of drug-likeness (QED) is 0.256. The SMILES string of the molecule is [B]=C(OC1CCCC1)c1c(NC(=O)NC/C(C2=C(CCCC)CNCC2)=C(/C)C2=CCC=C2)sc2c1CCCC2. The summed E-state index contributed by atoms with van der Waals surface area (Å²) in [4.78, 5) is 14.8. The van der Waals surface area contributed by atoms with Crippen LogP contribution in [-0.2, 0) is 17.6 Å². The predicted molar refractivity (Wildman–Crippen MR) is 170 cm³/mol. The summed E-state index contributed by atoms with van der Waals surface area (Å²) in [6.07, 6.45) is 21.2. The fourth-order valence-corrected chi connectivity index (χ4v) is 7.87. The molecule has 0 atom stereocenters. The first-order chi connectivity index (χ1) is 19.5. The van der Waals surface area contributed by atoms with Gasteiger partial charge in [-0.15, -0.1) is 0 Å². The number of nitrogens with one attached hydrogen (secondary N) is 3. The van der Waals surface area contributed by atoms with Gasteiger partial charge in [-0.25, -0.2) is 0 Å². The van der Waals surface area contributed by atoms with Gasteiger partial charge < -0.3 is 0 Å². The third-order valence-electron chi connectivity index (χ3n) is 8.84. The molecule has 3 N–H and O–H groups in total. The van der Waals surface area contributed by atoms with Crippen LogP contribution in [0.3, 0.4) is 0 Å². The molecule has 1 aliphatic heterocycles. The molecule has 0 spiro atoms. The van der Waals surface area contributed by atoms with Crippen molar-refractivity contribution >= 4 is 35.5 Å². The Morgan fingerprint density at radius 2 is 2.00 bits per heavy atom. The molecular weight excluding hydrogens is 513 g/mol. The van der Waals surface area contributed by atoms with Gasteiger partial charge in [0.1, 0.15) is 0 Å². The van der Waals surface area contributed by atoms with Crippen molar-refractivity contribution in [3.05, 3.63) is 62.1 Å². The number of urea groups is 1. The average molecular weight is 559 g/mol. The summed E-state index contributed by atoms with van der Waals surface area (Å²) in [5, 5.41) is 10.8. The van der Waals surface area contributed by atoms with Gasteiger partial charge in [-0.1, -0.05) is 13.3 Å². The molecule has 5 nitrogen and oxygen atoms in total. The van der Waals surface area contributed by atoms with Crippen LogP contribution in [0.25, 0.3) is 0 Å². The topological polar surface area (TPSA) is 62.4 Å². The normalized spacial score (nSPS) is 19.8. The van der Waals surface area contributed by atoms with Crippen LogP contribution in [0.2, 0.25) is 0 Å². The molecule has 2 heterocycles. The molecule has 0 aromatic carbocycles. The Labute approximate surface area is 245 Å². The number of ether oxygens (including phenoxy) is 1. The minimum atomic E-state index is -0.181. The third-order valence-corrected chi connectivity index (χ3v) is 10.0. The second kappa shape index (κ2) is 14.0. The fourth-order valence-electron chi connectivity index (χ4n) is 6.58. The first-order valence-corrected chi connectivity index (χ1v) is 16.3. The summed E-state index contributed by atoms with van der Waals surface area (Å²) < 4.78 is 6.25. The van der Waals surface area contributed by atoms with Gasteiger partial charge >= 0.3 is 233 Å². The number of rotatable bonds is 11. The molecule has 40 heavy (non-hydrogen) atoms. The molecule has 0 saturated heterocycles. The van der Waals surface area contributed by atoms with E-state index in [0.717, 1.165) is 75.0 Å². The van der Waals surface area contributed by atoms with E-state index in [1.807, 2.05) is 0 Å². The van der Waals surface area contributed by atoms with E-state index >= 15 is 0 Å². The van der Waals surface area contributed by atoms with Gasteiger partial charge in [0, 0.05) is 0 Å². The Balaban J connectivity index is 1.36. The van der Waals surface area contributed by atoms with Crippen molar-refractivity contribution in [1.29, 1.82) is 0 Å². The van der Waals surface area contributed by atoms with E-state index < -0.39 is 0 Å². The molecule has 0 unspecified atom stereocenters. The number of anilines is 1. The summed E-state index contributed by atoms with van der Waals surface area (Å²) >= 11 is 1.67. The van der Waals surface area contributed by atoms with Gasteiger partial charge in [-0.05, 0) is 0 Å². The maximum atomic E-state index is 13.4. The molecule has 7 heteroatoms. The number of hydrogen-bond acceptors (Lipinski definition) is 4. The van der Waals surface area contributed by atoms with Crippen molar-refractivity contribution in [1.82, 2.24) is 10.6 Å². The number of fused-ring (bicyclic) bond motifs is 1. The van der Waals surface area contributed by atoms with Crippen LogP contribution in [0.1, 0.15) is 100 Å². The zero-order valence-corrected chi connectivity index (χ0v) is 25.2. The van der Waals surface area contributed by atoms with Gasteiger partial charge in [0.25, 0.3) is 0 Å². The van der Waals surface area contributed by atoms with Crippen molar-refractivity contribution in [2.24, 2.45) is 0 Å². The first kappa shape index (κ1) is 29.1. The molecule has 3 aliphatic carbocycles. The van der Waals surface area contributed by atoms with Crippen LogP contribution in [0.4, 0.5) is 9.80 Å². The zero-order valence-electron chi connectivity index (χ0n) is 24.4. The van der Waals surface area contributed by atoms with E-state index in [0.29, 0.717) is 12.2 Å². The van der Waals surface area contributed by atoms with E-state index in [4.69, 9.17) is 12.2 Å². The first-order valence-electron chi connectivity index (χ1n) is 15.5. The molecule has 1 saturated carbocycles. The Kier molecular flexibility index (Phi) is 10.2. The van der Waals surface area contributed by atoms with Crippen LogP contribution < -0.4 is 16.0 Å². The predicted octanol–water partition coefficient (Wildman–Crippen LogP) is 7.04. The minimum absolute atomic E-state index is 0.181. The molecule has 1 aromatic heterocycles. The Morgan fingerprint density at radius 1 is 1.18 bits per heavy atom. The number of carbonyl (C=O) groups excluding carboxylic acids is 1. The van der Waals surface area contributed by atoms with Gasteiger partial charge in [0.15, 0.2) is 0 Å². The number of aryl methyl sites for hydroxylation is 1. The van der Waals surface area contributed by atoms with Crippen molar-refractivity contribution < 1.29 is 9.53 Å². The monoisotopic (exact) mass is 558 g/mol. The number of thiophene rings is 1. The summed E-state index contributed by atoms with van der Waals surface area (Å²) in [5.74, 6) is 0. The van der Waals surface area contributed by atoms with Gasteiger partial charge in [0.2, 0.25) is 0 Å². The number of allylic oxidation sites excluding steroid dienone is 5. The number of carbonyl (C=O) groups is 1. The summed E-state index contributed by atoms with van der Waals surface area (Å²) in [6.45, 7) is 6.88. The number of hydrogen-bond donors (Lipinski definition) is 3. The van der Waals surface area contributed by atoms with Crippen molar-refractivity contribution in [2.75, 3.05) is 25.0 Å². The van der Waals surface area contributed by atoms with E-state index in [9.17, 15) is 4.79 Å². The number of amides is 2. The van der Waals surface area contributed by atoms with Crippen LogP contribution in [0.5, 0.6) is 0 Å². The Morgan fingerprint density at radius 3 is 2.77 bits per heavy atom. The molecule has 5 rings (SSSR count). The average Bonchev–Trinajstić information content (AvgIpc) is 3.74. The Bertz CT molecular complexity index is 1230. The summed E-state index contributed by atoms with van der Waals surface area (Å²) in [6, 6.07) is -0.181. The summed E-state index contributed by atoms with van der Waals surface area (Å²) in [5.41, 5.74) is 9.43. The van der Waals surface area contributed by atoms with Crippen molar-refractivity contribution in [3.8, 4) is 0 Å². The van der Waals surface area contributed by atoms with Crippen molar-refractivity contribution in [2.45, 2.75) is 103 Å². The third kappa shape index (κ3) is 6.91. The van der Waals surface area contributed by atoms with E-state index in [1.54, 1.807) is 11.3 Å². The molecule has 1 fully saturated rings. The van der Waals surface area contributed by atoms with Gasteiger partial charge in [-0.3, -0.25) is 0 Å². The van der Waals surface area contributed by atoms with Crippen LogP contribution in [0, 0.1) is 0 Å². The molecular formula is C33H45BN3O2S. The van der Waals surface area contributed by atoms with E-state index in [-0.39, 0.29) is 12.1 Å².